The van der Waals surface area contributed by atoms with E-state index in [1.54, 1.807) is 0 Å². The number of ether oxygens (including phenoxy) is 1. The molecule has 1 heterocycles. The van der Waals surface area contributed by atoms with Crippen molar-refractivity contribution in [2.24, 2.45) is 0 Å². The molecule has 0 aromatic heterocycles. The molecule has 0 unspecified atom stereocenters. The van der Waals surface area contributed by atoms with Crippen LogP contribution in [-0.4, -0.2) is 8.07 Å². The zero-order valence-electron chi connectivity index (χ0n) is 36.1. The zero-order chi connectivity index (χ0) is 42.4. The number of para-hydroxylation sites is 1. The third-order valence-corrected chi connectivity index (χ3v) is 15.4. The third kappa shape index (κ3) is 6.34. The maximum atomic E-state index is 8.74. The highest BCUT2D eigenvalue weighted by molar-refractivity contribution is 7.01. The van der Waals surface area contributed by atoms with Crippen LogP contribution in [-0.2, 0) is 0 Å². The lowest BCUT2D eigenvalue weighted by molar-refractivity contribution is 0.488. The van der Waals surface area contributed by atoms with E-state index in [1.165, 1.54) is 5.19 Å². The highest BCUT2D eigenvalue weighted by atomic mass is 28.3. The summed E-state index contributed by atoms with van der Waals surface area (Å²) in [6.07, 6.45) is 0. The summed E-state index contributed by atoms with van der Waals surface area (Å²) in [5.74, 6) is 1.46. The molecule has 0 bridgehead atoms. The van der Waals surface area contributed by atoms with Gasteiger partial charge in [-0.2, -0.15) is 0 Å². The zero-order valence-corrected chi connectivity index (χ0v) is 34.1. The van der Waals surface area contributed by atoms with Crippen LogP contribution in [0.25, 0.3) is 77.9 Å². The van der Waals surface area contributed by atoms with Crippen LogP contribution in [0.4, 0.5) is 0 Å². The van der Waals surface area contributed by atoms with Crippen molar-refractivity contribution in [3.05, 3.63) is 218 Å². The Morgan fingerprint density at radius 1 is 0.322 bits per heavy atom. The van der Waals surface area contributed by atoms with Gasteiger partial charge < -0.3 is 4.74 Å². The Morgan fingerprint density at radius 2 is 0.644 bits per heavy atom. The second kappa shape index (κ2) is 15.1. The summed E-state index contributed by atoms with van der Waals surface area (Å²) in [7, 11) is -2.25. The van der Waals surface area contributed by atoms with Gasteiger partial charge in [-0.05, 0) is 101 Å². The first-order valence-corrected chi connectivity index (χ1v) is 23.3. The molecule has 0 fully saturated rings. The fraction of sp³-hybridized carbons (Fsp3) is 0.0526. The highest BCUT2D eigenvalue weighted by Crippen LogP contribution is 2.56. The lowest BCUT2D eigenvalue weighted by Crippen LogP contribution is -2.56. The van der Waals surface area contributed by atoms with E-state index in [4.69, 9.17) is 8.85 Å². The smallest absolute Gasteiger partial charge is 0.135 e. The third-order valence-electron chi connectivity index (χ3n) is 11.9. The van der Waals surface area contributed by atoms with Gasteiger partial charge in [0.05, 0.1) is 0 Å². The molecule has 0 saturated heterocycles. The van der Waals surface area contributed by atoms with Gasteiger partial charge in [-0.15, -0.1) is 0 Å². The van der Waals surface area contributed by atoms with Crippen molar-refractivity contribution in [3.8, 4) is 89.4 Å². The Bertz CT molecular complexity index is 2950. The van der Waals surface area contributed by atoms with Crippen LogP contribution in [0.15, 0.2) is 212 Å². The Labute approximate surface area is 353 Å². The van der Waals surface area contributed by atoms with Gasteiger partial charge in [-0.1, -0.05) is 219 Å². The topological polar surface area (TPSA) is 9.23 Å². The van der Waals surface area contributed by atoms with Crippen LogP contribution < -0.4 is 15.1 Å². The first kappa shape index (κ1) is 33.0. The molecule has 0 amide bonds. The standard InChI is InChI=1S/C57H44OSi/c1-39-33-38-49-57(58-47-31-19-20-32-48(47)59(49,2)3)50(39)45-34-36-46(37-35-45)56-54(43-27-15-7-16-28-43)52(41-23-11-5-12-24-41)51(40-21-9-4-10-22-40)53(42-25-13-6-14-26-42)55(56)44-29-17-8-18-30-44/h4-38H,1-3H3/i1D3. The molecule has 1 aliphatic heterocycles. The van der Waals surface area contributed by atoms with Gasteiger partial charge in [0.25, 0.3) is 0 Å². The van der Waals surface area contributed by atoms with Crippen LogP contribution in [0.3, 0.4) is 0 Å². The Morgan fingerprint density at radius 3 is 1.02 bits per heavy atom. The minimum Gasteiger partial charge on any atom is -0.457 e. The average Bonchev–Trinajstić information content (AvgIpc) is 3.31. The van der Waals surface area contributed by atoms with Crippen LogP contribution in [0.5, 0.6) is 11.5 Å². The summed E-state index contributed by atoms with van der Waals surface area (Å²) in [6, 6.07) is 74.3. The maximum absolute atomic E-state index is 8.74. The minimum atomic E-state index is -2.36. The van der Waals surface area contributed by atoms with Crippen molar-refractivity contribution in [2.75, 3.05) is 0 Å². The van der Waals surface area contributed by atoms with Gasteiger partial charge >= 0.3 is 0 Å². The number of aryl methyl sites for hydroxylation is 1. The summed E-state index contributed by atoms with van der Waals surface area (Å²) in [6.45, 7) is 2.27. The van der Waals surface area contributed by atoms with E-state index in [0.717, 1.165) is 83.3 Å². The number of hydrogen-bond donors (Lipinski definition) is 0. The van der Waals surface area contributed by atoms with E-state index in [1.807, 2.05) is 24.3 Å². The summed E-state index contributed by atoms with van der Waals surface area (Å²) in [5, 5.41) is 2.30. The normalized spacial score (nSPS) is 13.6. The van der Waals surface area contributed by atoms with Gasteiger partial charge in [0.15, 0.2) is 0 Å². The molecule has 0 aliphatic carbocycles. The fourth-order valence-electron chi connectivity index (χ4n) is 9.10. The second-order valence-electron chi connectivity index (χ2n) is 15.7. The molecule has 2 heteroatoms. The molecule has 9 aromatic rings. The van der Waals surface area contributed by atoms with Crippen LogP contribution >= 0.6 is 0 Å². The van der Waals surface area contributed by atoms with Crippen molar-refractivity contribution in [1.29, 1.82) is 0 Å². The van der Waals surface area contributed by atoms with Crippen LogP contribution in [0.1, 0.15) is 9.68 Å². The maximum Gasteiger partial charge on any atom is 0.135 e. The molecular formula is C57H44OSi. The average molecular weight is 776 g/mol. The van der Waals surface area contributed by atoms with Crippen LogP contribution in [0.2, 0.25) is 13.1 Å². The van der Waals surface area contributed by atoms with Crippen molar-refractivity contribution in [3.63, 3.8) is 0 Å². The molecule has 10 rings (SSSR count). The van der Waals surface area contributed by atoms with E-state index in [9.17, 15) is 0 Å². The molecule has 0 N–H and O–H groups in total. The minimum absolute atomic E-state index is 0.285. The molecule has 9 aromatic carbocycles. The van der Waals surface area contributed by atoms with Gasteiger partial charge in [-0.25, -0.2) is 0 Å². The molecule has 1 aliphatic rings. The van der Waals surface area contributed by atoms with E-state index < -0.39 is 14.9 Å². The quantitative estimate of drug-likeness (QED) is 0.147. The molecule has 0 spiro atoms. The van der Waals surface area contributed by atoms with Crippen molar-refractivity contribution in [2.45, 2.75) is 19.9 Å². The first-order valence-electron chi connectivity index (χ1n) is 21.8. The van der Waals surface area contributed by atoms with Gasteiger partial charge in [-0.3, -0.25) is 0 Å². The highest BCUT2D eigenvalue weighted by Gasteiger charge is 2.38. The first-order chi connectivity index (χ1) is 30.2. The number of fused-ring (bicyclic) bond motifs is 2. The number of hydrogen-bond acceptors (Lipinski definition) is 1. The summed E-state index contributed by atoms with van der Waals surface area (Å²) in [4.78, 5) is 0. The fourth-order valence-corrected chi connectivity index (χ4v) is 11.9. The molecule has 282 valence electrons. The predicted octanol–water partition coefficient (Wildman–Crippen LogP) is 14.6. The van der Waals surface area contributed by atoms with Crippen molar-refractivity contribution >= 4 is 18.4 Å². The van der Waals surface area contributed by atoms with Crippen LogP contribution in [0, 0.1) is 6.85 Å². The summed E-state index contributed by atoms with van der Waals surface area (Å²) < 4.78 is 33.0. The predicted molar refractivity (Wildman–Crippen MR) is 252 cm³/mol. The van der Waals surface area contributed by atoms with E-state index in [-0.39, 0.29) is 5.56 Å². The van der Waals surface area contributed by atoms with E-state index >= 15 is 0 Å². The molecular weight excluding hydrogens is 729 g/mol. The van der Waals surface area contributed by atoms with Crippen molar-refractivity contribution < 1.29 is 8.85 Å². The van der Waals surface area contributed by atoms with E-state index in [0.29, 0.717) is 11.3 Å². The lowest BCUT2D eigenvalue weighted by atomic mass is 9.74. The monoisotopic (exact) mass is 775 g/mol. The molecule has 0 radical (unpaired) electrons. The summed E-state index contributed by atoms with van der Waals surface area (Å²) in [5.41, 5.74) is 15.1. The lowest BCUT2D eigenvalue weighted by Gasteiger charge is -2.34. The van der Waals surface area contributed by atoms with Gasteiger partial charge in [0, 0.05) is 9.68 Å². The largest absolute Gasteiger partial charge is 0.457 e. The van der Waals surface area contributed by atoms with Gasteiger partial charge in [0.1, 0.15) is 19.6 Å². The van der Waals surface area contributed by atoms with Gasteiger partial charge in [0.2, 0.25) is 0 Å². The molecule has 1 nitrogen and oxygen atoms in total. The Kier molecular flexibility index (Phi) is 8.43. The number of rotatable bonds is 7. The molecule has 0 atom stereocenters. The Hall–Kier alpha value is -7.00. The Balaban J connectivity index is 1.33. The second-order valence-corrected chi connectivity index (χ2v) is 20.1. The van der Waals surface area contributed by atoms with Crippen molar-refractivity contribution in [1.82, 2.24) is 0 Å². The summed E-state index contributed by atoms with van der Waals surface area (Å²) >= 11 is 0. The SMILES string of the molecule is [2H]C([2H])([2H])c1ccc2c(c1-c1ccc(-c3c(-c4ccccc4)c(-c4ccccc4)c(-c4ccccc4)c(-c4ccccc4)c3-c3ccccc3)cc1)Oc1ccccc1[Si]2(C)C. The number of benzene rings is 9. The van der Waals surface area contributed by atoms with E-state index in [2.05, 4.69) is 201 Å². The molecule has 0 saturated carbocycles. The molecule has 59 heavy (non-hydrogen) atoms.